The third kappa shape index (κ3) is 4.66. The number of Topliss-reactive ketones (excluding diaryl/α,β-unsaturated/α-hetero) is 2. The lowest BCUT2D eigenvalue weighted by molar-refractivity contribution is -0.146. The summed E-state index contributed by atoms with van der Waals surface area (Å²) >= 11 is 0. The minimum absolute atomic E-state index is 0.0181. The number of primary amides is 1. The van der Waals surface area contributed by atoms with Crippen molar-refractivity contribution < 1.29 is 44.3 Å². The van der Waals surface area contributed by atoms with E-state index in [0.717, 1.165) is 31.5 Å². The molecule has 8 N–H and O–H groups in total. The average Bonchev–Trinajstić information content (AvgIpc) is 3.42. The molecule has 4 aliphatic rings. The molecule has 0 unspecified atom stereocenters. The van der Waals surface area contributed by atoms with Gasteiger partial charge in [0.15, 0.2) is 11.4 Å². The van der Waals surface area contributed by atoms with Crippen LogP contribution in [-0.4, -0.2) is 93.6 Å². The number of hydrogen-bond donors (Lipinski definition) is 7. The zero-order valence-corrected chi connectivity index (χ0v) is 24.4. The van der Waals surface area contributed by atoms with Gasteiger partial charge >= 0.3 is 0 Å². The zero-order valence-electron chi connectivity index (χ0n) is 24.4. The Balaban J connectivity index is 1.62. The van der Waals surface area contributed by atoms with Crippen LogP contribution in [0.25, 0.3) is 0 Å². The van der Waals surface area contributed by atoms with Gasteiger partial charge < -0.3 is 41.5 Å². The molecule has 13 heteroatoms. The average molecular weight is 599 g/mol. The highest BCUT2D eigenvalue weighted by atomic mass is 16.5. The summed E-state index contributed by atoms with van der Waals surface area (Å²) in [5.74, 6) is -7.09. The van der Waals surface area contributed by atoms with E-state index in [2.05, 4.69) is 22.5 Å². The van der Waals surface area contributed by atoms with Gasteiger partial charge in [0.25, 0.3) is 5.91 Å². The van der Waals surface area contributed by atoms with E-state index in [9.17, 15) is 39.6 Å². The summed E-state index contributed by atoms with van der Waals surface area (Å²) in [6, 6.07) is 0.270. The van der Waals surface area contributed by atoms with Crippen molar-refractivity contribution in [2.24, 2.45) is 17.6 Å². The molecule has 1 heterocycles. The van der Waals surface area contributed by atoms with Crippen LogP contribution in [-0.2, 0) is 20.8 Å². The maximum atomic E-state index is 14.0. The lowest BCUT2D eigenvalue weighted by Gasteiger charge is -2.49. The number of rotatable bonds is 8. The van der Waals surface area contributed by atoms with Crippen molar-refractivity contribution in [1.29, 1.82) is 0 Å². The zero-order chi connectivity index (χ0) is 31.4. The van der Waals surface area contributed by atoms with Crippen LogP contribution in [0.15, 0.2) is 28.7 Å². The number of methoxy groups -OCH3 is 1. The summed E-state index contributed by atoms with van der Waals surface area (Å²) in [7, 11) is 1.50. The SMILES string of the molecule is CCN1CCC[C@H]1c1cc(O)c2c(c1OC)C[C@H]1C[C@H]3[C@H](NCCNC(C)=O)C(O)=C(C(N)=O)C(=O)[C@@]3(O)C(O)=C1C2=O. The molecule has 13 nitrogen and oxygen atoms in total. The molecule has 2 amide bonds. The lowest BCUT2D eigenvalue weighted by atomic mass is 9.58. The third-order valence-corrected chi connectivity index (χ3v) is 9.38. The first-order chi connectivity index (χ1) is 20.4. The number of allylic oxidation sites excluding steroid dienone is 1. The Hall–Kier alpha value is -3.94. The Kier molecular flexibility index (Phi) is 8.01. The first-order valence-electron chi connectivity index (χ1n) is 14.5. The molecule has 5 rings (SSSR count). The highest BCUT2D eigenvalue weighted by molar-refractivity contribution is 6.24. The molecular formula is C30H38N4O9. The Morgan fingerprint density at radius 3 is 2.56 bits per heavy atom. The van der Waals surface area contributed by atoms with E-state index < -0.39 is 58.0 Å². The van der Waals surface area contributed by atoms with Gasteiger partial charge in [-0.2, -0.15) is 0 Å². The van der Waals surface area contributed by atoms with E-state index >= 15 is 0 Å². The number of fused-ring (bicyclic) bond motifs is 3. The first-order valence-corrected chi connectivity index (χ1v) is 14.5. The van der Waals surface area contributed by atoms with Crippen molar-refractivity contribution in [1.82, 2.24) is 15.5 Å². The van der Waals surface area contributed by atoms with Gasteiger partial charge in [-0.1, -0.05) is 6.92 Å². The van der Waals surface area contributed by atoms with Gasteiger partial charge in [0.05, 0.1) is 18.7 Å². The van der Waals surface area contributed by atoms with Gasteiger partial charge in [0.2, 0.25) is 11.7 Å². The van der Waals surface area contributed by atoms with Gasteiger partial charge in [-0.3, -0.25) is 24.1 Å². The number of aliphatic hydroxyl groups excluding tert-OH is 2. The smallest absolute Gasteiger partial charge is 0.255 e. The monoisotopic (exact) mass is 598 g/mol. The number of aliphatic hydroxyl groups is 3. The van der Waals surface area contributed by atoms with Crippen LogP contribution in [0, 0.1) is 11.8 Å². The molecule has 1 saturated heterocycles. The molecule has 3 aliphatic carbocycles. The van der Waals surface area contributed by atoms with Crippen LogP contribution in [0.4, 0.5) is 0 Å². The fourth-order valence-corrected chi connectivity index (χ4v) is 7.50. The molecule has 5 atom stereocenters. The predicted octanol–water partition coefficient (Wildman–Crippen LogP) is 0.450. The Labute approximate surface area is 248 Å². The van der Waals surface area contributed by atoms with E-state index in [-0.39, 0.29) is 54.8 Å². The quantitative estimate of drug-likeness (QED) is 0.161. The van der Waals surface area contributed by atoms with Crippen molar-refractivity contribution in [2.75, 3.05) is 33.3 Å². The number of benzene rings is 1. The number of hydrogen-bond acceptors (Lipinski definition) is 11. The number of carbonyl (C=O) groups is 4. The molecule has 1 aliphatic heterocycles. The predicted molar refractivity (Wildman–Crippen MR) is 152 cm³/mol. The molecule has 0 aromatic heterocycles. The first kappa shape index (κ1) is 30.5. The number of nitrogens with one attached hydrogen (secondary N) is 2. The van der Waals surface area contributed by atoms with Crippen molar-refractivity contribution in [2.45, 2.75) is 57.2 Å². The second-order valence-corrected chi connectivity index (χ2v) is 11.6. The fourth-order valence-electron chi connectivity index (χ4n) is 7.50. The third-order valence-electron chi connectivity index (χ3n) is 9.38. The normalized spacial score (nSPS) is 28.8. The summed E-state index contributed by atoms with van der Waals surface area (Å²) in [6.45, 7) is 5.26. The highest BCUT2D eigenvalue weighted by Crippen LogP contribution is 2.54. The number of amides is 2. The van der Waals surface area contributed by atoms with Crippen LogP contribution in [0.5, 0.6) is 11.5 Å². The summed E-state index contributed by atoms with van der Waals surface area (Å²) in [4.78, 5) is 53.4. The number of likely N-dealkylation sites (tertiary alicyclic amines) is 1. The molecule has 1 fully saturated rings. The second-order valence-electron chi connectivity index (χ2n) is 11.6. The minimum Gasteiger partial charge on any atom is -0.510 e. The van der Waals surface area contributed by atoms with Crippen LogP contribution in [0.1, 0.15) is 60.6 Å². The van der Waals surface area contributed by atoms with Gasteiger partial charge in [-0.05, 0) is 50.8 Å². The van der Waals surface area contributed by atoms with Crippen LogP contribution < -0.4 is 21.1 Å². The van der Waals surface area contributed by atoms with Crippen LogP contribution in [0.3, 0.4) is 0 Å². The summed E-state index contributed by atoms with van der Waals surface area (Å²) in [5, 5.41) is 51.1. The number of phenolic OH excluding ortho intramolecular Hbond substituents is 1. The summed E-state index contributed by atoms with van der Waals surface area (Å²) in [6.07, 6.45) is 1.90. The summed E-state index contributed by atoms with van der Waals surface area (Å²) < 4.78 is 5.85. The van der Waals surface area contributed by atoms with Crippen LogP contribution >= 0.6 is 0 Å². The molecule has 0 saturated carbocycles. The highest BCUT2D eigenvalue weighted by Gasteiger charge is 2.63. The number of ketones is 2. The van der Waals surface area contributed by atoms with Gasteiger partial charge in [-0.25, -0.2) is 0 Å². The Morgan fingerprint density at radius 1 is 1.21 bits per heavy atom. The number of carbonyl (C=O) groups excluding carboxylic acids is 4. The molecule has 0 radical (unpaired) electrons. The molecule has 1 aromatic carbocycles. The minimum atomic E-state index is -2.76. The van der Waals surface area contributed by atoms with Crippen molar-refractivity contribution >= 4 is 23.4 Å². The summed E-state index contributed by atoms with van der Waals surface area (Å²) in [5.41, 5.74) is 2.65. The van der Waals surface area contributed by atoms with Gasteiger partial charge in [0, 0.05) is 48.7 Å². The molecule has 0 bridgehead atoms. The fraction of sp³-hybridized carbons (Fsp3) is 0.533. The van der Waals surface area contributed by atoms with E-state index in [1.54, 1.807) is 0 Å². The largest absolute Gasteiger partial charge is 0.510 e. The molecular weight excluding hydrogens is 560 g/mol. The molecule has 0 spiro atoms. The number of aromatic hydroxyl groups is 1. The number of phenols is 1. The topological polar surface area (TPSA) is 212 Å². The van der Waals surface area contributed by atoms with Crippen LogP contribution in [0.2, 0.25) is 0 Å². The molecule has 1 aromatic rings. The van der Waals surface area contributed by atoms with E-state index in [0.29, 0.717) is 11.3 Å². The lowest BCUT2D eigenvalue weighted by Crippen LogP contribution is -2.64. The van der Waals surface area contributed by atoms with Crippen molar-refractivity contribution in [3.05, 3.63) is 45.4 Å². The molecule has 43 heavy (non-hydrogen) atoms. The number of nitrogens with two attached hydrogens (primary N) is 1. The van der Waals surface area contributed by atoms with Gasteiger partial charge in [0.1, 0.15) is 28.6 Å². The van der Waals surface area contributed by atoms with E-state index in [4.69, 9.17) is 10.5 Å². The molecule has 232 valence electrons. The second kappa shape index (κ2) is 11.3. The van der Waals surface area contributed by atoms with Crippen molar-refractivity contribution in [3.63, 3.8) is 0 Å². The maximum absolute atomic E-state index is 14.0. The Bertz CT molecular complexity index is 1470. The van der Waals surface area contributed by atoms with Crippen molar-refractivity contribution in [3.8, 4) is 11.5 Å². The van der Waals surface area contributed by atoms with E-state index in [1.165, 1.54) is 20.1 Å². The maximum Gasteiger partial charge on any atom is 0.255 e. The van der Waals surface area contributed by atoms with E-state index in [1.807, 2.05) is 0 Å². The number of nitrogens with zero attached hydrogens (tertiary/aromatic N) is 1. The standard InChI is InChI=1S/C30H38N4O9/c1-4-34-9-5-6-18(34)15-12-19(36)21-16(26(15)43-3)10-14-11-17-23(33-8-7-32-13(2)35)25(38)22(29(31)41)28(40)30(17,42)27(39)20(14)24(21)37/h12,14,17-18,23,33,36,38-39,42H,4-11H2,1-3H3,(H2,31,41)(H,32,35)/t14-,17-,18-,23-,30-/m0/s1. The Morgan fingerprint density at radius 2 is 1.93 bits per heavy atom. The number of ether oxygens (including phenoxy) is 1. The van der Waals surface area contributed by atoms with Gasteiger partial charge in [-0.15, -0.1) is 0 Å².